The van der Waals surface area contributed by atoms with Crippen molar-refractivity contribution in [1.29, 1.82) is 0 Å². The van der Waals surface area contributed by atoms with Gasteiger partial charge in [0.25, 0.3) is 0 Å². The number of rotatable bonds is 3. The predicted molar refractivity (Wildman–Crippen MR) is 88.3 cm³/mol. The SMILES string of the molecule is CC(=O)/C=C/c1cn2c(n1)C=CCC2(C)N1CCN(C)CC1. The lowest BCUT2D eigenvalue weighted by atomic mass is 10.0. The highest BCUT2D eigenvalue weighted by molar-refractivity contribution is 5.91. The van der Waals surface area contributed by atoms with E-state index in [2.05, 4.69) is 51.7 Å². The van der Waals surface area contributed by atoms with Gasteiger partial charge >= 0.3 is 0 Å². The van der Waals surface area contributed by atoms with Crippen LogP contribution in [0.4, 0.5) is 0 Å². The molecule has 5 heteroatoms. The van der Waals surface area contributed by atoms with Crippen LogP contribution in [0.2, 0.25) is 0 Å². The number of nitrogens with zero attached hydrogens (tertiary/aromatic N) is 4. The van der Waals surface area contributed by atoms with Crippen molar-refractivity contribution in [3.05, 3.63) is 29.9 Å². The van der Waals surface area contributed by atoms with Gasteiger partial charge in [-0.25, -0.2) is 4.98 Å². The van der Waals surface area contributed by atoms with Gasteiger partial charge in [0.15, 0.2) is 5.78 Å². The van der Waals surface area contributed by atoms with E-state index in [-0.39, 0.29) is 11.4 Å². The number of hydrogen-bond acceptors (Lipinski definition) is 4. The number of ketones is 1. The molecular formula is C17H24N4O. The molecule has 0 N–H and O–H groups in total. The Kier molecular flexibility index (Phi) is 4.02. The number of aromatic nitrogens is 2. The second kappa shape index (κ2) is 5.82. The summed E-state index contributed by atoms with van der Waals surface area (Å²) in [4.78, 5) is 20.7. The molecular weight excluding hydrogens is 276 g/mol. The molecule has 0 radical (unpaired) electrons. The highest BCUT2D eigenvalue weighted by atomic mass is 16.1. The Hall–Kier alpha value is -1.72. The third-order valence-electron chi connectivity index (χ3n) is 4.72. The molecule has 5 nitrogen and oxygen atoms in total. The molecule has 1 saturated heterocycles. The summed E-state index contributed by atoms with van der Waals surface area (Å²) < 4.78 is 2.26. The van der Waals surface area contributed by atoms with Gasteiger partial charge in [-0.2, -0.15) is 0 Å². The van der Waals surface area contributed by atoms with Crippen molar-refractivity contribution in [1.82, 2.24) is 19.4 Å². The van der Waals surface area contributed by atoms with Crippen LogP contribution in [0, 0.1) is 0 Å². The number of fused-ring (bicyclic) bond motifs is 1. The fraction of sp³-hybridized carbons (Fsp3) is 0.529. The molecule has 1 unspecified atom stereocenters. The minimum absolute atomic E-state index is 0.0448. The maximum atomic E-state index is 11.1. The highest BCUT2D eigenvalue weighted by Crippen LogP contribution is 2.33. The molecule has 0 bridgehead atoms. The third-order valence-corrected chi connectivity index (χ3v) is 4.72. The number of likely N-dealkylation sites (N-methyl/N-ethyl adjacent to an activating group) is 1. The highest BCUT2D eigenvalue weighted by Gasteiger charge is 2.37. The van der Waals surface area contributed by atoms with Crippen LogP contribution in [0.3, 0.4) is 0 Å². The average molecular weight is 300 g/mol. The van der Waals surface area contributed by atoms with Crippen LogP contribution in [-0.4, -0.2) is 58.4 Å². The Bertz CT molecular complexity index is 623. The number of imidazole rings is 1. The standard InChI is InChI=1S/C17H24N4O/c1-14(22)6-7-15-13-21-16(18-15)5-4-8-17(21,2)20-11-9-19(3)10-12-20/h4-7,13H,8-12H2,1-3H3/b7-6+. The molecule has 0 aliphatic carbocycles. The molecule has 22 heavy (non-hydrogen) atoms. The second-order valence-corrected chi connectivity index (χ2v) is 6.45. The molecule has 0 amide bonds. The lowest BCUT2D eigenvalue weighted by Crippen LogP contribution is -2.56. The quantitative estimate of drug-likeness (QED) is 0.799. The van der Waals surface area contributed by atoms with Crippen LogP contribution < -0.4 is 0 Å². The molecule has 118 valence electrons. The first-order valence-corrected chi connectivity index (χ1v) is 7.88. The Morgan fingerprint density at radius 1 is 1.32 bits per heavy atom. The Morgan fingerprint density at radius 3 is 2.73 bits per heavy atom. The van der Waals surface area contributed by atoms with E-state index in [4.69, 9.17) is 0 Å². The van der Waals surface area contributed by atoms with Crippen LogP contribution >= 0.6 is 0 Å². The van der Waals surface area contributed by atoms with Crippen LogP contribution in [0.1, 0.15) is 31.8 Å². The Labute approximate surface area is 131 Å². The number of allylic oxidation sites excluding steroid dienone is 1. The molecule has 2 aliphatic rings. The van der Waals surface area contributed by atoms with Gasteiger partial charge in [-0.1, -0.05) is 6.08 Å². The molecule has 1 aromatic rings. The van der Waals surface area contributed by atoms with Crippen molar-refractivity contribution in [3.8, 4) is 0 Å². The maximum absolute atomic E-state index is 11.1. The lowest BCUT2D eigenvalue weighted by Gasteiger charge is -2.47. The number of carbonyl (C=O) groups is 1. The molecule has 3 heterocycles. The lowest BCUT2D eigenvalue weighted by molar-refractivity contribution is -0.112. The van der Waals surface area contributed by atoms with E-state index < -0.39 is 0 Å². The molecule has 1 atom stereocenters. The van der Waals surface area contributed by atoms with Crippen LogP contribution in [0.25, 0.3) is 12.2 Å². The molecule has 0 spiro atoms. The summed E-state index contributed by atoms with van der Waals surface area (Å²) in [7, 11) is 2.17. The summed E-state index contributed by atoms with van der Waals surface area (Å²) in [5.41, 5.74) is 0.776. The van der Waals surface area contributed by atoms with E-state index in [1.165, 1.54) is 0 Å². The first-order valence-electron chi connectivity index (χ1n) is 7.88. The van der Waals surface area contributed by atoms with Crippen LogP contribution in [0.5, 0.6) is 0 Å². The summed E-state index contributed by atoms with van der Waals surface area (Å²) in [6.45, 7) is 8.17. The van der Waals surface area contributed by atoms with Crippen molar-refractivity contribution in [2.24, 2.45) is 0 Å². The van der Waals surface area contributed by atoms with Crippen LogP contribution in [0.15, 0.2) is 18.3 Å². The predicted octanol–water partition coefficient (Wildman–Crippen LogP) is 1.82. The first-order chi connectivity index (χ1) is 10.5. The van der Waals surface area contributed by atoms with Crippen molar-refractivity contribution in [3.63, 3.8) is 0 Å². The van der Waals surface area contributed by atoms with Gasteiger partial charge in [0.1, 0.15) is 5.82 Å². The van der Waals surface area contributed by atoms with Crippen molar-refractivity contribution in [2.75, 3.05) is 33.2 Å². The van der Waals surface area contributed by atoms with E-state index in [1.54, 1.807) is 19.1 Å². The molecule has 0 aromatic carbocycles. The molecule has 0 saturated carbocycles. The molecule has 2 aliphatic heterocycles. The van der Waals surface area contributed by atoms with Gasteiger partial charge in [-0.05, 0) is 39.1 Å². The molecule has 1 aromatic heterocycles. The van der Waals surface area contributed by atoms with Gasteiger partial charge < -0.3 is 9.47 Å². The zero-order valence-electron chi connectivity index (χ0n) is 13.6. The summed E-state index contributed by atoms with van der Waals surface area (Å²) in [6, 6.07) is 0. The van der Waals surface area contributed by atoms with E-state index in [0.29, 0.717) is 0 Å². The van der Waals surface area contributed by atoms with E-state index in [0.717, 1.165) is 44.1 Å². The number of piperazine rings is 1. The van der Waals surface area contributed by atoms with E-state index >= 15 is 0 Å². The minimum Gasteiger partial charge on any atom is -0.312 e. The minimum atomic E-state index is -0.0688. The zero-order chi connectivity index (χ0) is 15.7. The van der Waals surface area contributed by atoms with Gasteiger partial charge in [0.05, 0.1) is 11.4 Å². The van der Waals surface area contributed by atoms with Gasteiger partial charge in [0.2, 0.25) is 0 Å². The number of hydrogen-bond donors (Lipinski definition) is 0. The summed E-state index contributed by atoms with van der Waals surface area (Å²) in [6.07, 6.45) is 10.7. The van der Waals surface area contributed by atoms with Gasteiger partial charge in [-0.15, -0.1) is 0 Å². The fourth-order valence-corrected chi connectivity index (χ4v) is 3.26. The Balaban J connectivity index is 1.90. The average Bonchev–Trinajstić information content (AvgIpc) is 2.90. The largest absolute Gasteiger partial charge is 0.312 e. The van der Waals surface area contributed by atoms with Gasteiger partial charge in [-0.3, -0.25) is 9.69 Å². The van der Waals surface area contributed by atoms with E-state index in [9.17, 15) is 4.79 Å². The third kappa shape index (κ3) is 2.78. The normalized spacial score (nSPS) is 26.5. The number of carbonyl (C=O) groups excluding carboxylic acids is 1. The summed E-state index contributed by atoms with van der Waals surface area (Å²) in [5, 5.41) is 0. The molecule has 3 rings (SSSR count). The maximum Gasteiger partial charge on any atom is 0.152 e. The van der Waals surface area contributed by atoms with Crippen molar-refractivity contribution in [2.45, 2.75) is 25.9 Å². The van der Waals surface area contributed by atoms with Gasteiger partial charge in [0, 0.05) is 38.8 Å². The Morgan fingerprint density at radius 2 is 2.05 bits per heavy atom. The van der Waals surface area contributed by atoms with Crippen LogP contribution in [-0.2, 0) is 10.5 Å². The zero-order valence-corrected chi connectivity index (χ0v) is 13.6. The van der Waals surface area contributed by atoms with Crippen molar-refractivity contribution < 1.29 is 4.79 Å². The smallest absolute Gasteiger partial charge is 0.152 e. The molecule has 1 fully saturated rings. The fourth-order valence-electron chi connectivity index (χ4n) is 3.26. The first kappa shape index (κ1) is 15.2. The summed E-state index contributed by atoms with van der Waals surface area (Å²) in [5.74, 6) is 1.01. The topological polar surface area (TPSA) is 41.4 Å². The van der Waals surface area contributed by atoms with Crippen molar-refractivity contribution >= 4 is 17.9 Å². The summed E-state index contributed by atoms with van der Waals surface area (Å²) >= 11 is 0. The monoisotopic (exact) mass is 300 g/mol. The van der Waals surface area contributed by atoms with E-state index in [1.807, 2.05) is 0 Å². The second-order valence-electron chi connectivity index (χ2n) is 6.45.